The van der Waals surface area contributed by atoms with Gasteiger partial charge >= 0.3 is 0 Å². The highest BCUT2D eigenvalue weighted by Crippen LogP contribution is 2.31. The SMILES string of the molecule is CNc1cc([N+](=O)[O-])cc(NC2CC(C)CC(C)C2)n1. The van der Waals surface area contributed by atoms with Crippen molar-refractivity contribution in [2.75, 3.05) is 17.7 Å². The van der Waals surface area contributed by atoms with Crippen LogP contribution in [0.3, 0.4) is 0 Å². The van der Waals surface area contributed by atoms with Gasteiger partial charge in [0, 0.05) is 13.1 Å². The molecule has 1 saturated carbocycles. The fourth-order valence-electron chi connectivity index (χ4n) is 3.10. The van der Waals surface area contributed by atoms with Crippen molar-refractivity contribution in [3.8, 4) is 0 Å². The lowest BCUT2D eigenvalue weighted by atomic mass is 9.80. The van der Waals surface area contributed by atoms with Crippen molar-refractivity contribution in [3.63, 3.8) is 0 Å². The molecule has 0 bridgehead atoms. The molecule has 1 aromatic heterocycles. The third kappa shape index (κ3) is 3.59. The molecule has 1 aliphatic carbocycles. The van der Waals surface area contributed by atoms with Crippen molar-refractivity contribution >= 4 is 17.3 Å². The number of nitro groups is 1. The molecule has 110 valence electrons. The highest BCUT2D eigenvalue weighted by molar-refractivity contribution is 5.54. The smallest absolute Gasteiger partial charge is 0.276 e. The summed E-state index contributed by atoms with van der Waals surface area (Å²) in [5.74, 6) is 2.45. The number of rotatable bonds is 4. The molecule has 1 heterocycles. The average molecular weight is 278 g/mol. The first kappa shape index (κ1) is 14.6. The molecular formula is C14H22N4O2. The molecule has 2 rings (SSSR count). The number of pyridine rings is 1. The monoisotopic (exact) mass is 278 g/mol. The summed E-state index contributed by atoms with van der Waals surface area (Å²) in [6.07, 6.45) is 3.43. The first-order valence-electron chi connectivity index (χ1n) is 7.08. The molecule has 0 aliphatic heterocycles. The molecule has 0 saturated heterocycles. The van der Waals surface area contributed by atoms with E-state index in [0.717, 1.165) is 12.8 Å². The molecule has 20 heavy (non-hydrogen) atoms. The summed E-state index contributed by atoms with van der Waals surface area (Å²) in [6.45, 7) is 4.51. The first-order chi connectivity index (χ1) is 9.47. The van der Waals surface area contributed by atoms with Gasteiger partial charge < -0.3 is 10.6 Å². The largest absolute Gasteiger partial charge is 0.373 e. The van der Waals surface area contributed by atoms with Crippen LogP contribution in [0.25, 0.3) is 0 Å². The summed E-state index contributed by atoms with van der Waals surface area (Å²) in [5, 5.41) is 17.2. The molecule has 2 N–H and O–H groups in total. The lowest BCUT2D eigenvalue weighted by molar-refractivity contribution is -0.384. The van der Waals surface area contributed by atoms with Crippen LogP contribution in [0.15, 0.2) is 12.1 Å². The Hall–Kier alpha value is -1.85. The van der Waals surface area contributed by atoms with Crippen molar-refractivity contribution in [1.82, 2.24) is 4.98 Å². The van der Waals surface area contributed by atoms with Gasteiger partial charge in [-0.3, -0.25) is 10.1 Å². The van der Waals surface area contributed by atoms with Crippen LogP contribution in [0.4, 0.5) is 17.3 Å². The second-order valence-corrected chi connectivity index (χ2v) is 5.86. The van der Waals surface area contributed by atoms with Gasteiger partial charge in [-0.1, -0.05) is 13.8 Å². The van der Waals surface area contributed by atoms with E-state index >= 15 is 0 Å². The van der Waals surface area contributed by atoms with Crippen LogP contribution in [-0.4, -0.2) is 23.0 Å². The molecule has 6 nitrogen and oxygen atoms in total. The Morgan fingerprint density at radius 3 is 2.35 bits per heavy atom. The van der Waals surface area contributed by atoms with E-state index in [1.165, 1.54) is 18.6 Å². The van der Waals surface area contributed by atoms with Gasteiger partial charge in [0.2, 0.25) is 0 Å². The topological polar surface area (TPSA) is 80.1 Å². The minimum atomic E-state index is -0.389. The van der Waals surface area contributed by atoms with Gasteiger partial charge in [0.15, 0.2) is 0 Å². The van der Waals surface area contributed by atoms with E-state index < -0.39 is 0 Å². The van der Waals surface area contributed by atoms with E-state index in [4.69, 9.17) is 0 Å². The Kier molecular flexibility index (Phi) is 4.42. The Balaban J connectivity index is 2.15. The fraction of sp³-hybridized carbons (Fsp3) is 0.643. The van der Waals surface area contributed by atoms with Crippen LogP contribution in [0.2, 0.25) is 0 Å². The maximum atomic E-state index is 10.9. The molecule has 1 aromatic rings. The molecule has 1 aliphatic rings. The van der Waals surface area contributed by atoms with Gasteiger partial charge in [-0.25, -0.2) is 4.98 Å². The van der Waals surface area contributed by atoms with Crippen LogP contribution >= 0.6 is 0 Å². The lowest BCUT2D eigenvalue weighted by Gasteiger charge is -2.32. The molecule has 2 atom stereocenters. The van der Waals surface area contributed by atoms with Crippen LogP contribution < -0.4 is 10.6 Å². The highest BCUT2D eigenvalue weighted by Gasteiger charge is 2.24. The van der Waals surface area contributed by atoms with Gasteiger partial charge in [0.25, 0.3) is 5.69 Å². The van der Waals surface area contributed by atoms with Crippen LogP contribution in [-0.2, 0) is 0 Å². The number of nitrogens with zero attached hydrogens (tertiary/aromatic N) is 2. The second-order valence-electron chi connectivity index (χ2n) is 5.86. The quantitative estimate of drug-likeness (QED) is 0.652. The molecule has 0 radical (unpaired) electrons. The fourth-order valence-corrected chi connectivity index (χ4v) is 3.10. The van der Waals surface area contributed by atoms with E-state index in [1.54, 1.807) is 7.05 Å². The Labute approximate surface area is 119 Å². The maximum absolute atomic E-state index is 10.9. The van der Waals surface area contributed by atoms with Crippen molar-refractivity contribution in [3.05, 3.63) is 22.2 Å². The summed E-state index contributed by atoms with van der Waals surface area (Å²) in [7, 11) is 1.71. The predicted octanol–water partition coefficient (Wildman–Crippen LogP) is 3.27. The Bertz CT molecular complexity index is 482. The van der Waals surface area contributed by atoms with Gasteiger partial charge in [0.05, 0.1) is 17.1 Å². The van der Waals surface area contributed by atoms with E-state index in [1.807, 2.05) is 0 Å². The van der Waals surface area contributed by atoms with Crippen LogP contribution in [0.1, 0.15) is 33.1 Å². The zero-order valence-corrected chi connectivity index (χ0v) is 12.2. The zero-order valence-electron chi connectivity index (χ0n) is 12.2. The molecular weight excluding hydrogens is 256 g/mol. The standard InChI is InChI=1S/C14H22N4O2/c1-9-4-10(2)6-11(5-9)16-14-8-12(18(19)20)7-13(15-3)17-14/h7-11H,4-6H2,1-3H3,(H2,15,16,17). The van der Waals surface area contributed by atoms with Gasteiger partial charge in [-0.2, -0.15) is 0 Å². The molecule has 2 unspecified atom stereocenters. The summed E-state index contributed by atoms with van der Waals surface area (Å²) in [6, 6.07) is 3.29. The van der Waals surface area contributed by atoms with E-state index in [-0.39, 0.29) is 10.6 Å². The normalized spacial score (nSPS) is 26.1. The van der Waals surface area contributed by atoms with E-state index in [2.05, 4.69) is 29.5 Å². The zero-order chi connectivity index (χ0) is 14.7. The average Bonchev–Trinajstić information content (AvgIpc) is 2.36. The number of aromatic nitrogens is 1. The summed E-state index contributed by atoms with van der Waals surface area (Å²) in [5.41, 5.74) is 0.0590. The summed E-state index contributed by atoms with van der Waals surface area (Å²) in [4.78, 5) is 14.9. The molecule has 0 amide bonds. The van der Waals surface area contributed by atoms with Crippen molar-refractivity contribution < 1.29 is 4.92 Å². The number of hydrogen-bond acceptors (Lipinski definition) is 5. The van der Waals surface area contributed by atoms with Crippen molar-refractivity contribution in [2.24, 2.45) is 11.8 Å². The molecule has 0 aromatic carbocycles. The van der Waals surface area contributed by atoms with E-state index in [0.29, 0.717) is 29.5 Å². The second kappa shape index (κ2) is 6.07. The van der Waals surface area contributed by atoms with Crippen LogP contribution in [0, 0.1) is 22.0 Å². The maximum Gasteiger partial charge on any atom is 0.276 e. The predicted molar refractivity (Wildman–Crippen MR) is 80.0 cm³/mol. The Morgan fingerprint density at radius 2 is 1.80 bits per heavy atom. The third-order valence-electron chi connectivity index (χ3n) is 3.81. The number of hydrogen-bond donors (Lipinski definition) is 2. The van der Waals surface area contributed by atoms with Gasteiger partial charge in [-0.15, -0.1) is 0 Å². The molecule has 6 heteroatoms. The third-order valence-corrected chi connectivity index (χ3v) is 3.81. The molecule has 1 fully saturated rings. The van der Waals surface area contributed by atoms with Crippen molar-refractivity contribution in [2.45, 2.75) is 39.2 Å². The highest BCUT2D eigenvalue weighted by atomic mass is 16.6. The van der Waals surface area contributed by atoms with Gasteiger partial charge in [0.1, 0.15) is 11.6 Å². The summed E-state index contributed by atoms with van der Waals surface area (Å²) < 4.78 is 0. The van der Waals surface area contributed by atoms with Crippen LogP contribution in [0.5, 0.6) is 0 Å². The van der Waals surface area contributed by atoms with E-state index in [9.17, 15) is 10.1 Å². The molecule has 0 spiro atoms. The summed E-state index contributed by atoms with van der Waals surface area (Å²) >= 11 is 0. The minimum absolute atomic E-state index is 0.0590. The first-order valence-corrected chi connectivity index (χ1v) is 7.08. The Morgan fingerprint density at radius 1 is 1.20 bits per heavy atom. The lowest BCUT2D eigenvalue weighted by Crippen LogP contribution is -2.30. The number of nitrogens with one attached hydrogen (secondary N) is 2. The number of anilines is 2. The minimum Gasteiger partial charge on any atom is -0.373 e. The van der Waals surface area contributed by atoms with Crippen molar-refractivity contribution in [1.29, 1.82) is 0 Å². The van der Waals surface area contributed by atoms with Gasteiger partial charge in [-0.05, 0) is 31.1 Å².